The molecular formula is C17H15F3N2O4S. The van der Waals surface area contributed by atoms with E-state index in [1.807, 2.05) is 0 Å². The van der Waals surface area contributed by atoms with E-state index in [0.29, 0.717) is 5.75 Å². The van der Waals surface area contributed by atoms with E-state index < -0.39 is 35.7 Å². The number of halogens is 3. The Morgan fingerprint density at radius 1 is 1.26 bits per heavy atom. The summed E-state index contributed by atoms with van der Waals surface area (Å²) in [6, 6.07) is 6.09. The van der Waals surface area contributed by atoms with Gasteiger partial charge in [-0.25, -0.2) is 4.79 Å². The van der Waals surface area contributed by atoms with Crippen molar-refractivity contribution in [2.75, 3.05) is 7.11 Å². The molecule has 0 bridgehead atoms. The number of carbonyl (C=O) groups is 2. The molecular weight excluding hydrogens is 385 g/mol. The number of carbonyl (C=O) groups excluding carboxylic acids is 2. The van der Waals surface area contributed by atoms with Crippen LogP contribution >= 0.6 is 11.3 Å². The lowest BCUT2D eigenvalue weighted by molar-refractivity contribution is -0.287. The molecule has 2 heterocycles. The van der Waals surface area contributed by atoms with Gasteiger partial charge in [0.2, 0.25) is 5.72 Å². The molecule has 1 saturated heterocycles. The summed E-state index contributed by atoms with van der Waals surface area (Å²) in [5.74, 6) is -2.51. The Kier molecular flexibility index (Phi) is 4.87. The monoisotopic (exact) mass is 400 g/mol. The van der Waals surface area contributed by atoms with Gasteiger partial charge in [-0.1, -0.05) is 18.2 Å². The van der Waals surface area contributed by atoms with E-state index in [-0.39, 0.29) is 10.4 Å². The Bertz CT molecular complexity index is 839. The van der Waals surface area contributed by atoms with Gasteiger partial charge in [0.05, 0.1) is 18.0 Å². The molecule has 2 amide bonds. The van der Waals surface area contributed by atoms with Crippen LogP contribution in [-0.2, 0) is 0 Å². The lowest BCUT2D eigenvalue weighted by atomic mass is 9.78. The number of benzene rings is 1. The van der Waals surface area contributed by atoms with Crippen LogP contribution in [0.5, 0.6) is 5.75 Å². The summed E-state index contributed by atoms with van der Waals surface area (Å²) >= 11 is 0.952. The number of alkyl halides is 3. The van der Waals surface area contributed by atoms with Gasteiger partial charge in [0.1, 0.15) is 11.7 Å². The molecule has 1 aliphatic rings. The number of ketones is 1. The van der Waals surface area contributed by atoms with Crippen LogP contribution in [-0.4, -0.2) is 35.9 Å². The molecule has 3 rings (SSSR count). The number of amides is 2. The minimum Gasteiger partial charge on any atom is -0.497 e. The van der Waals surface area contributed by atoms with Crippen molar-refractivity contribution in [1.82, 2.24) is 10.6 Å². The minimum absolute atomic E-state index is 0.0409. The van der Waals surface area contributed by atoms with Gasteiger partial charge in [0, 0.05) is 0 Å². The molecule has 0 radical (unpaired) electrons. The molecule has 3 N–H and O–H groups in total. The predicted octanol–water partition coefficient (Wildman–Crippen LogP) is 2.86. The van der Waals surface area contributed by atoms with Crippen molar-refractivity contribution in [2.24, 2.45) is 5.92 Å². The third-order valence-electron chi connectivity index (χ3n) is 4.33. The lowest BCUT2D eigenvalue weighted by Gasteiger charge is -2.44. The van der Waals surface area contributed by atoms with Crippen LogP contribution in [0, 0.1) is 5.92 Å². The Balaban J connectivity index is 2.12. The molecule has 3 atom stereocenters. The van der Waals surface area contributed by atoms with E-state index in [4.69, 9.17) is 4.74 Å². The lowest BCUT2D eigenvalue weighted by Crippen LogP contribution is -2.72. The first-order valence-corrected chi connectivity index (χ1v) is 8.65. The molecule has 0 aliphatic carbocycles. The maximum absolute atomic E-state index is 13.7. The number of ether oxygens (including phenoxy) is 1. The molecule has 1 fully saturated rings. The summed E-state index contributed by atoms with van der Waals surface area (Å²) in [4.78, 5) is 24.8. The van der Waals surface area contributed by atoms with Gasteiger partial charge < -0.3 is 20.5 Å². The Labute approximate surface area is 156 Å². The zero-order valence-electron chi connectivity index (χ0n) is 13.9. The fourth-order valence-corrected chi connectivity index (χ4v) is 3.70. The van der Waals surface area contributed by atoms with E-state index in [1.54, 1.807) is 0 Å². The van der Waals surface area contributed by atoms with Gasteiger partial charge in [-0.15, -0.1) is 11.3 Å². The van der Waals surface area contributed by atoms with Crippen molar-refractivity contribution in [2.45, 2.75) is 17.9 Å². The van der Waals surface area contributed by atoms with Gasteiger partial charge in [-0.3, -0.25) is 4.79 Å². The van der Waals surface area contributed by atoms with E-state index in [9.17, 15) is 27.9 Å². The highest BCUT2D eigenvalue weighted by molar-refractivity contribution is 7.12. The van der Waals surface area contributed by atoms with Crippen molar-refractivity contribution in [3.63, 3.8) is 0 Å². The zero-order valence-corrected chi connectivity index (χ0v) is 14.7. The molecule has 0 unspecified atom stereocenters. The first kappa shape index (κ1) is 19.2. The highest BCUT2D eigenvalue weighted by Crippen LogP contribution is 2.44. The predicted molar refractivity (Wildman–Crippen MR) is 90.5 cm³/mol. The summed E-state index contributed by atoms with van der Waals surface area (Å²) in [6.45, 7) is 0. The fraction of sp³-hybridized carbons (Fsp3) is 0.294. The van der Waals surface area contributed by atoms with Crippen molar-refractivity contribution >= 4 is 23.2 Å². The van der Waals surface area contributed by atoms with Crippen molar-refractivity contribution in [3.8, 4) is 5.75 Å². The number of hydrogen-bond acceptors (Lipinski definition) is 5. The Morgan fingerprint density at radius 3 is 2.44 bits per heavy atom. The van der Waals surface area contributed by atoms with Crippen LogP contribution in [0.2, 0.25) is 0 Å². The maximum atomic E-state index is 13.7. The van der Waals surface area contributed by atoms with Crippen LogP contribution in [0.25, 0.3) is 0 Å². The largest absolute Gasteiger partial charge is 0.497 e. The molecule has 6 nitrogen and oxygen atoms in total. The first-order valence-electron chi connectivity index (χ1n) is 7.77. The van der Waals surface area contributed by atoms with Gasteiger partial charge in [0.15, 0.2) is 5.78 Å². The van der Waals surface area contributed by atoms with Crippen LogP contribution in [0.1, 0.15) is 21.3 Å². The van der Waals surface area contributed by atoms with Crippen LogP contribution in [0.15, 0.2) is 41.8 Å². The second-order valence-corrected chi connectivity index (χ2v) is 6.88. The Hall–Kier alpha value is -2.59. The smallest absolute Gasteiger partial charge is 0.437 e. The standard InChI is InChI=1S/C17H15F3N2O4S/c1-26-10-6-4-9(5-7-10)13-12(14(23)11-3-2-8-27-11)16(25,17(18,19)20)22-15(24)21-13/h2-8,12-13,25H,1H3,(H2,21,22,24)/t12-,13-,16+/m1/s1. The third-order valence-corrected chi connectivity index (χ3v) is 5.21. The quantitative estimate of drug-likeness (QED) is 0.689. The zero-order chi connectivity index (χ0) is 19.8. The molecule has 27 heavy (non-hydrogen) atoms. The Morgan fingerprint density at radius 2 is 1.93 bits per heavy atom. The molecule has 1 aromatic heterocycles. The number of hydrogen-bond donors (Lipinski definition) is 3. The van der Waals surface area contributed by atoms with Crippen LogP contribution in [0.4, 0.5) is 18.0 Å². The third kappa shape index (κ3) is 3.37. The number of aliphatic hydroxyl groups is 1. The van der Waals surface area contributed by atoms with Crippen LogP contribution in [0.3, 0.4) is 0 Å². The summed E-state index contributed by atoms with van der Waals surface area (Å²) in [5.41, 5.74) is -3.50. The van der Waals surface area contributed by atoms with Gasteiger partial charge in [0.25, 0.3) is 0 Å². The van der Waals surface area contributed by atoms with E-state index >= 15 is 0 Å². The summed E-state index contributed by atoms with van der Waals surface area (Å²) in [5, 5.41) is 15.8. The average Bonchev–Trinajstić information content (AvgIpc) is 3.14. The van der Waals surface area contributed by atoms with Crippen molar-refractivity contribution < 1.29 is 32.6 Å². The average molecular weight is 400 g/mol. The van der Waals surface area contributed by atoms with Crippen molar-refractivity contribution in [1.29, 1.82) is 0 Å². The van der Waals surface area contributed by atoms with E-state index in [1.165, 1.54) is 54.2 Å². The fourth-order valence-electron chi connectivity index (χ4n) is 3.00. The second kappa shape index (κ2) is 6.86. The summed E-state index contributed by atoms with van der Waals surface area (Å²) in [7, 11) is 1.42. The number of Topliss-reactive ketones (excluding diaryl/α,β-unsaturated/α-hetero) is 1. The number of nitrogens with one attached hydrogen (secondary N) is 2. The SMILES string of the molecule is COc1ccc([C@H]2NC(=O)N[C@@](O)(C(F)(F)F)[C@H]2C(=O)c2cccs2)cc1. The number of thiophene rings is 1. The van der Waals surface area contributed by atoms with Gasteiger partial charge in [-0.2, -0.15) is 13.2 Å². The maximum Gasteiger partial charge on any atom is 0.437 e. The van der Waals surface area contributed by atoms with Crippen LogP contribution < -0.4 is 15.4 Å². The number of urea groups is 1. The van der Waals surface area contributed by atoms with Gasteiger partial charge >= 0.3 is 12.2 Å². The van der Waals surface area contributed by atoms with Crippen molar-refractivity contribution in [3.05, 3.63) is 52.2 Å². The highest BCUT2D eigenvalue weighted by Gasteiger charge is 2.66. The van der Waals surface area contributed by atoms with E-state index in [2.05, 4.69) is 5.32 Å². The number of rotatable bonds is 4. The molecule has 1 aliphatic heterocycles. The number of methoxy groups -OCH3 is 1. The molecule has 0 saturated carbocycles. The minimum atomic E-state index is -5.27. The molecule has 1 aromatic carbocycles. The van der Waals surface area contributed by atoms with Gasteiger partial charge in [-0.05, 0) is 29.1 Å². The van der Waals surface area contributed by atoms with E-state index in [0.717, 1.165) is 11.3 Å². The normalized spacial score (nSPS) is 25.4. The topological polar surface area (TPSA) is 87.7 Å². The molecule has 0 spiro atoms. The molecule has 144 valence electrons. The highest BCUT2D eigenvalue weighted by atomic mass is 32.1. The molecule has 10 heteroatoms. The summed E-state index contributed by atoms with van der Waals surface area (Å²) < 4.78 is 46.1. The molecule has 2 aromatic rings. The summed E-state index contributed by atoms with van der Waals surface area (Å²) in [6.07, 6.45) is -5.27. The second-order valence-electron chi connectivity index (χ2n) is 5.93. The first-order chi connectivity index (χ1) is 12.7.